The van der Waals surface area contributed by atoms with E-state index >= 15 is 0 Å². The average molecular weight is 609 g/mol. The summed E-state index contributed by atoms with van der Waals surface area (Å²) in [6.45, 7) is 4.81. The molecule has 1 aliphatic heterocycles. The minimum Gasteiger partial charge on any atom is -0.493 e. The van der Waals surface area contributed by atoms with E-state index in [9.17, 15) is 14.4 Å². The Kier molecular flexibility index (Phi) is 10.1. The minimum atomic E-state index is -1.03. The second-order valence-electron chi connectivity index (χ2n) is 12.2. The number of nitrogens with zero attached hydrogens (tertiary/aromatic N) is 1. The molecule has 1 heterocycles. The van der Waals surface area contributed by atoms with Gasteiger partial charge in [0.1, 0.15) is 5.41 Å². The van der Waals surface area contributed by atoms with Crippen LogP contribution >= 0.6 is 0 Å². The molecule has 2 aromatic carbocycles. The lowest BCUT2D eigenvalue weighted by molar-refractivity contribution is -0.162. The van der Waals surface area contributed by atoms with Gasteiger partial charge >= 0.3 is 5.97 Å². The van der Waals surface area contributed by atoms with Crippen LogP contribution in [0.5, 0.6) is 23.0 Å². The number of hydrogen-bond acceptors (Lipinski definition) is 8. The SMILES string of the molecule is COC(=O)[C@@]12C[C@@H](CC(=O)NCc3ccc(OC)c(OC)c3)C(=O)N(CCc3ccc(OC)c(OC)c3)C1=CCC(C)(C)C2. The summed E-state index contributed by atoms with van der Waals surface area (Å²) in [7, 11) is 7.66. The molecule has 44 heavy (non-hydrogen) atoms. The van der Waals surface area contributed by atoms with E-state index in [4.69, 9.17) is 23.7 Å². The van der Waals surface area contributed by atoms with E-state index in [-0.39, 0.29) is 42.6 Å². The monoisotopic (exact) mass is 608 g/mol. The van der Waals surface area contributed by atoms with Gasteiger partial charge in [0.25, 0.3) is 0 Å². The van der Waals surface area contributed by atoms with Gasteiger partial charge in [0.2, 0.25) is 11.8 Å². The first kappa shape index (κ1) is 32.7. The second-order valence-corrected chi connectivity index (χ2v) is 12.2. The molecule has 0 saturated carbocycles. The number of carbonyl (C=O) groups is 3. The molecular formula is C34H44N2O8. The molecule has 1 N–H and O–H groups in total. The molecule has 1 fully saturated rings. The van der Waals surface area contributed by atoms with Crippen molar-refractivity contribution in [3.63, 3.8) is 0 Å². The van der Waals surface area contributed by atoms with Crippen molar-refractivity contribution < 1.29 is 38.1 Å². The molecule has 4 rings (SSSR count). The topological polar surface area (TPSA) is 113 Å². The highest BCUT2D eigenvalue weighted by molar-refractivity contribution is 5.92. The Balaban J connectivity index is 1.59. The highest BCUT2D eigenvalue weighted by Gasteiger charge is 2.57. The summed E-state index contributed by atoms with van der Waals surface area (Å²) < 4.78 is 26.9. The van der Waals surface area contributed by atoms with Gasteiger partial charge in [0.05, 0.1) is 35.5 Å². The number of piperidine rings is 1. The molecule has 0 spiro atoms. The number of rotatable bonds is 12. The first-order chi connectivity index (χ1) is 21.0. The lowest BCUT2D eigenvalue weighted by Crippen LogP contribution is -2.56. The van der Waals surface area contributed by atoms with Gasteiger partial charge in [0.15, 0.2) is 23.0 Å². The molecule has 0 radical (unpaired) electrons. The third kappa shape index (κ3) is 6.79. The maximum Gasteiger partial charge on any atom is 0.317 e. The van der Waals surface area contributed by atoms with Crippen LogP contribution in [0.1, 0.15) is 50.7 Å². The Bertz CT molecular complexity index is 1420. The fraction of sp³-hybridized carbons (Fsp3) is 0.500. The van der Waals surface area contributed by atoms with Crippen molar-refractivity contribution in [1.82, 2.24) is 10.2 Å². The van der Waals surface area contributed by atoms with Crippen LogP contribution in [-0.4, -0.2) is 64.8 Å². The summed E-state index contributed by atoms with van der Waals surface area (Å²) in [5.74, 6) is 0.847. The molecule has 10 heteroatoms. The highest BCUT2D eigenvalue weighted by atomic mass is 16.5. The van der Waals surface area contributed by atoms with Crippen LogP contribution in [0.2, 0.25) is 0 Å². The van der Waals surface area contributed by atoms with Gasteiger partial charge < -0.3 is 33.9 Å². The fourth-order valence-corrected chi connectivity index (χ4v) is 6.55. The standard InChI is InChI=1S/C34H44N2O8/c1-33(2)14-12-29-34(21-33,32(39)44-7)19-24(18-30(37)35-20-23-9-11-26(41-4)28(17-23)43-6)31(38)36(29)15-13-22-8-10-25(40-3)27(16-22)42-5/h8-12,16-17,24H,13-15,18-21H2,1-7H3,(H,35,37)/t24-,34-/m1/s1. The Morgan fingerprint density at radius 2 is 1.48 bits per heavy atom. The van der Waals surface area contributed by atoms with Crippen LogP contribution in [0, 0.1) is 16.7 Å². The molecule has 10 nitrogen and oxygen atoms in total. The van der Waals surface area contributed by atoms with E-state index in [1.807, 2.05) is 30.3 Å². The largest absolute Gasteiger partial charge is 0.493 e. The number of fused-ring (bicyclic) bond motifs is 1. The first-order valence-electron chi connectivity index (χ1n) is 14.8. The van der Waals surface area contributed by atoms with Gasteiger partial charge in [-0.25, -0.2) is 0 Å². The maximum absolute atomic E-state index is 14.1. The Hall–Kier alpha value is -4.21. The number of methoxy groups -OCH3 is 5. The fourth-order valence-electron chi connectivity index (χ4n) is 6.55. The molecule has 238 valence electrons. The van der Waals surface area contributed by atoms with Crippen LogP contribution in [0.4, 0.5) is 0 Å². The number of likely N-dealkylation sites (tertiary alicyclic amines) is 1. The molecule has 2 aromatic rings. The number of esters is 1. The minimum absolute atomic E-state index is 0.0502. The summed E-state index contributed by atoms with van der Waals surface area (Å²) in [6.07, 6.45) is 3.93. The van der Waals surface area contributed by atoms with Gasteiger partial charge in [-0.3, -0.25) is 14.4 Å². The third-order valence-corrected chi connectivity index (χ3v) is 8.64. The van der Waals surface area contributed by atoms with Crippen molar-refractivity contribution in [2.24, 2.45) is 16.7 Å². The molecule has 2 aliphatic rings. The van der Waals surface area contributed by atoms with Crippen molar-refractivity contribution in [1.29, 1.82) is 0 Å². The summed E-state index contributed by atoms with van der Waals surface area (Å²) in [6, 6.07) is 11.1. The van der Waals surface area contributed by atoms with Crippen LogP contribution in [-0.2, 0) is 32.1 Å². The van der Waals surface area contributed by atoms with Crippen LogP contribution in [0.25, 0.3) is 0 Å². The molecule has 2 amide bonds. The summed E-state index contributed by atoms with van der Waals surface area (Å²) in [5.41, 5.74) is 1.23. The smallest absolute Gasteiger partial charge is 0.317 e. The summed E-state index contributed by atoms with van der Waals surface area (Å²) in [5, 5.41) is 2.93. The maximum atomic E-state index is 14.1. The van der Waals surface area contributed by atoms with Gasteiger partial charge in [0, 0.05) is 31.1 Å². The first-order valence-corrected chi connectivity index (χ1v) is 14.8. The molecule has 0 aromatic heterocycles. The van der Waals surface area contributed by atoms with Crippen LogP contribution < -0.4 is 24.3 Å². The van der Waals surface area contributed by atoms with E-state index in [0.29, 0.717) is 48.1 Å². The molecular weight excluding hydrogens is 564 g/mol. The lowest BCUT2D eigenvalue weighted by Gasteiger charge is -2.51. The Morgan fingerprint density at radius 3 is 2.07 bits per heavy atom. The molecule has 1 aliphatic carbocycles. The van der Waals surface area contributed by atoms with Crippen molar-refractivity contribution >= 4 is 17.8 Å². The van der Waals surface area contributed by atoms with E-state index in [2.05, 4.69) is 19.2 Å². The average Bonchev–Trinajstić information content (AvgIpc) is 3.02. The predicted molar refractivity (Wildman–Crippen MR) is 165 cm³/mol. The Labute approximate surface area is 259 Å². The highest BCUT2D eigenvalue weighted by Crippen LogP contribution is 2.54. The molecule has 0 bridgehead atoms. The normalized spacial score (nSPS) is 20.6. The zero-order chi connectivity index (χ0) is 32.1. The number of benzene rings is 2. The number of ether oxygens (including phenoxy) is 5. The zero-order valence-corrected chi connectivity index (χ0v) is 26.8. The number of amides is 2. The quantitative estimate of drug-likeness (QED) is 0.346. The number of hydrogen-bond donors (Lipinski definition) is 1. The predicted octanol–water partition coefficient (Wildman–Crippen LogP) is 4.68. The van der Waals surface area contributed by atoms with Crippen LogP contribution in [0.3, 0.4) is 0 Å². The van der Waals surface area contributed by atoms with E-state index in [1.54, 1.807) is 45.5 Å². The van der Waals surface area contributed by atoms with Crippen LogP contribution in [0.15, 0.2) is 48.2 Å². The van der Waals surface area contributed by atoms with E-state index < -0.39 is 11.3 Å². The summed E-state index contributed by atoms with van der Waals surface area (Å²) in [4.78, 5) is 42.6. The van der Waals surface area contributed by atoms with Crippen molar-refractivity contribution in [3.05, 3.63) is 59.3 Å². The van der Waals surface area contributed by atoms with Crippen molar-refractivity contribution in [3.8, 4) is 23.0 Å². The number of allylic oxidation sites excluding steroid dienone is 1. The molecule has 2 atom stereocenters. The van der Waals surface area contributed by atoms with Crippen molar-refractivity contribution in [2.45, 2.75) is 52.5 Å². The van der Waals surface area contributed by atoms with Crippen molar-refractivity contribution in [2.75, 3.05) is 42.1 Å². The third-order valence-electron chi connectivity index (χ3n) is 8.64. The number of nitrogens with one attached hydrogen (secondary N) is 1. The van der Waals surface area contributed by atoms with Gasteiger partial charge in [-0.15, -0.1) is 0 Å². The zero-order valence-electron chi connectivity index (χ0n) is 26.8. The van der Waals surface area contributed by atoms with Gasteiger partial charge in [-0.1, -0.05) is 32.1 Å². The van der Waals surface area contributed by atoms with E-state index in [0.717, 1.165) is 17.5 Å². The lowest BCUT2D eigenvalue weighted by atomic mass is 9.59. The van der Waals surface area contributed by atoms with Gasteiger partial charge in [-0.05, 0) is 66.5 Å². The van der Waals surface area contributed by atoms with E-state index in [1.165, 1.54) is 7.11 Å². The molecule has 0 unspecified atom stereocenters. The van der Waals surface area contributed by atoms with Gasteiger partial charge in [-0.2, -0.15) is 0 Å². The molecule has 1 saturated heterocycles. The number of carbonyl (C=O) groups excluding carboxylic acids is 3. The Morgan fingerprint density at radius 1 is 0.886 bits per heavy atom. The second kappa shape index (κ2) is 13.6. The summed E-state index contributed by atoms with van der Waals surface area (Å²) >= 11 is 0.